The maximum absolute atomic E-state index is 13.4. The molecule has 0 unspecified atom stereocenters. The highest BCUT2D eigenvalue weighted by molar-refractivity contribution is 6.31. The molecule has 1 heterocycles. The number of hydrogen-bond donors (Lipinski definition) is 0. The molecule has 3 aromatic rings. The quantitative estimate of drug-likeness (QED) is 0.341. The molecule has 0 spiro atoms. The van der Waals surface area contributed by atoms with Gasteiger partial charge >= 0.3 is 12.3 Å². The lowest BCUT2D eigenvalue weighted by molar-refractivity contribution is -0.209. The number of carbonyl (C=O) groups excluding carboxylic acids is 1. The van der Waals surface area contributed by atoms with Gasteiger partial charge in [0.2, 0.25) is 0 Å². The molecule has 4 nitrogen and oxygen atoms in total. The number of rotatable bonds is 4. The van der Waals surface area contributed by atoms with Crippen molar-refractivity contribution in [3.63, 3.8) is 0 Å². The summed E-state index contributed by atoms with van der Waals surface area (Å²) in [4.78, 5) is 11.4. The molecule has 0 N–H and O–H groups in total. The predicted molar refractivity (Wildman–Crippen MR) is 96.3 cm³/mol. The summed E-state index contributed by atoms with van der Waals surface area (Å²) in [5.74, 6) is -1.24. The fraction of sp³-hybridized carbons (Fsp3) is 0.158. The Balaban J connectivity index is 2.18. The van der Waals surface area contributed by atoms with Crippen molar-refractivity contribution in [3.05, 3.63) is 70.1 Å². The van der Waals surface area contributed by atoms with Crippen molar-refractivity contribution in [3.8, 4) is 0 Å². The zero-order valence-corrected chi connectivity index (χ0v) is 15.2. The van der Waals surface area contributed by atoms with Gasteiger partial charge in [-0.1, -0.05) is 29.8 Å². The fourth-order valence-electron chi connectivity index (χ4n) is 2.81. The first-order valence-corrected chi connectivity index (χ1v) is 8.36. The van der Waals surface area contributed by atoms with E-state index in [-0.39, 0.29) is 32.7 Å². The Bertz CT molecular complexity index is 1070. The summed E-state index contributed by atoms with van der Waals surface area (Å²) in [6.07, 6.45) is -2.45. The molecular weight excluding hydrogens is 400 g/mol. The van der Waals surface area contributed by atoms with Crippen LogP contribution >= 0.6 is 11.6 Å². The lowest BCUT2D eigenvalue weighted by Gasteiger charge is -2.09. The maximum Gasteiger partial charge on any atom is 0.505 e. The highest BCUT2D eigenvalue weighted by Crippen LogP contribution is 2.33. The molecule has 0 saturated carbocycles. The van der Waals surface area contributed by atoms with Gasteiger partial charge in [-0.3, -0.25) is 0 Å². The predicted octanol–water partition coefficient (Wildman–Crippen LogP) is 5.08. The third kappa shape index (κ3) is 4.01. The van der Waals surface area contributed by atoms with E-state index in [2.05, 4.69) is 9.84 Å². The molecule has 1 aromatic heterocycles. The molecule has 0 atom stereocenters. The van der Waals surface area contributed by atoms with Gasteiger partial charge in [-0.25, -0.2) is 9.18 Å². The number of hydrogen-bond acceptors (Lipinski definition) is 3. The van der Waals surface area contributed by atoms with E-state index in [0.29, 0.717) is 11.1 Å². The second kappa shape index (κ2) is 7.63. The van der Waals surface area contributed by atoms with E-state index in [1.54, 1.807) is 6.07 Å². The summed E-state index contributed by atoms with van der Waals surface area (Å²) in [5, 5.41) is 3.98. The Hall–Kier alpha value is -2.87. The molecular formula is C19H13ClF4N2O2. The molecule has 0 aliphatic carbocycles. The third-order valence-corrected chi connectivity index (χ3v) is 4.39. The number of methoxy groups -OCH3 is 1. The van der Waals surface area contributed by atoms with E-state index < -0.39 is 18.1 Å². The average molecular weight is 413 g/mol. The van der Waals surface area contributed by atoms with Crippen LogP contribution < -0.4 is 0 Å². The number of benzene rings is 2. The summed E-state index contributed by atoms with van der Waals surface area (Å²) in [6, 6.07) is 8.19. The Morgan fingerprint density at radius 1 is 1.25 bits per heavy atom. The zero-order valence-electron chi connectivity index (χ0n) is 14.4. The van der Waals surface area contributed by atoms with E-state index in [1.165, 1.54) is 24.3 Å². The average Bonchev–Trinajstić information content (AvgIpc) is 3.02. The second-order valence-electron chi connectivity index (χ2n) is 5.85. The molecule has 0 radical (unpaired) electrons. The Morgan fingerprint density at radius 2 is 2.00 bits per heavy atom. The normalized spacial score (nSPS) is 12.1. The topological polar surface area (TPSA) is 44.1 Å². The van der Waals surface area contributed by atoms with Crippen molar-refractivity contribution in [2.75, 3.05) is 7.11 Å². The number of ether oxygens (including phenoxy) is 1. The van der Waals surface area contributed by atoms with Gasteiger partial charge < -0.3 is 4.74 Å². The lowest BCUT2D eigenvalue weighted by Crippen LogP contribution is -2.18. The van der Waals surface area contributed by atoms with Gasteiger partial charge in [0.05, 0.1) is 18.3 Å². The van der Waals surface area contributed by atoms with Crippen molar-refractivity contribution >= 4 is 34.5 Å². The van der Waals surface area contributed by atoms with Crippen LogP contribution in [0.4, 0.5) is 17.6 Å². The van der Waals surface area contributed by atoms with Gasteiger partial charge in [0.15, 0.2) is 0 Å². The molecule has 0 amide bonds. The maximum atomic E-state index is 13.4. The van der Waals surface area contributed by atoms with Crippen molar-refractivity contribution < 1.29 is 27.1 Å². The van der Waals surface area contributed by atoms with Gasteiger partial charge in [0, 0.05) is 16.5 Å². The minimum atomic E-state index is -4.75. The number of halogens is 5. The van der Waals surface area contributed by atoms with Crippen LogP contribution in [-0.2, 0) is 22.3 Å². The molecule has 28 heavy (non-hydrogen) atoms. The van der Waals surface area contributed by atoms with Crippen LogP contribution in [0.1, 0.15) is 16.8 Å². The summed E-state index contributed by atoms with van der Waals surface area (Å²) in [7, 11) is 1.15. The second-order valence-corrected chi connectivity index (χ2v) is 6.25. The van der Waals surface area contributed by atoms with Gasteiger partial charge in [0.1, 0.15) is 5.82 Å². The SMILES string of the molecule is COC(=O)/C=C/c1nn(C(F)(F)F)c2cccc(Cc3ccc(F)cc3Cl)c12. The van der Waals surface area contributed by atoms with E-state index in [4.69, 9.17) is 11.6 Å². The minimum absolute atomic E-state index is 0.0495. The van der Waals surface area contributed by atoms with Crippen LogP contribution in [0, 0.1) is 5.82 Å². The lowest BCUT2D eigenvalue weighted by atomic mass is 9.99. The van der Waals surface area contributed by atoms with Gasteiger partial charge in [-0.2, -0.15) is 9.78 Å². The molecule has 0 saturated heterocycles. The summed E-state index contributed by atoms with van der Waals surface area (Å²) in [6.45, 7) is 0. The van der Waals surface area contributed by atoms with Gasteiger partial charge in [-0.15, -0.1) is 13.2 Å². The molecule has 146 valence electrons. The monoisotopic (exact) mass is 412 g/mol. The van der Waals surface area contributed by atoms with Gasteiger partial charge in [0.25, 0.3) is 0 Å². The Morgan fingerprint density at radius 3 is 2.64 bits per heavy atom. The van der Waals surface area contributed by atoms with Gasteiger partial charge in [-0.05, 0) is 41.8 Å². The molecule has 3 rings (SSSR count). The first-order chi connectivity index (χ1) is 13.2. The summed E-state index contributed by atoms with van der Waals surface area (Å²) in [5.41, 5.74) is 0.809. The molecule has 0 bridgehead atoms. The van der Waals surface area contributed by atoms with E-state index in [1.807, 2.05) is 0 Å². The van der Waals surface area contributed by atoms with E-state index in [9.17, 15) is 22.4 Å². The number of carbonyl (C=O) groups is 1. The molecule has 9 heteroatoms. The zero-order chi connectivity index (χ0) is 20.5. The van der Waals surface area contributed by atoms with E-state index >= 15 is 0 Å². The third-order valence-electron chi connectivity index (χ3n) is 4.04. The minimum Gasteiger partial charge on any atom is -0.466 e. The van der Waals surface area contributed by atoms with Crippen molar-refractivity contribution in [2.45, 2.75) is 12.7 Å². The highest BCUT2D eigenvalue weighted by atomic mass is 35.5. The molecule has 2 aromatic carbocycles. The van der Waals surface area contributed by atoms with Crippen molar-refractivity contribution in [1.82, 2.24) is 9.78 Å². The van der Waals surface area contributed by atoms with E-state index in [0.717, 1.165) is 25.3 Å². The van der Waals surface area contributed by atoms with Crippen LogP contribution in [0.25, 0.3) is 17.0 Å². The standard InChI is InChI=1S/C19H13ClF4N2O2/c1-28-17(27)8-7-15-18-12(9-11-5-6-13(21)10-14(11)20)3-2-4-16(18)26(25-15)19(22,23)24/h2-8,10H,9H2,1H3/b8-7+. The van der Waals surface area contributed by atoms with Crippen LogP contribution in [0.5, 0.6) is 0 Å². The number of alkyl halides is 3. The van der Waals surface area contributed by atoms with Crippen LogP contribution in [0.15, 0.2) is 42.5 Å². The Kier molecular flexibility index (Phi) is 5.42. The number of aromatic nitrogens is 2. The number of nitrogens with zero attached hydrogens (tertiary/aromatic N) is 2. The largest absolute Gasteiger partial charge is 0.505 e. The van der Waals surface area contributed by atoms with Crippen LogP contribution in [-0.4, -0.2) is 22.9 Å². The van der Waals surface area contributed by atoms with Crippen molar-refractivity contribution in [2.24, 2.45) is 0 Å². The summed E-state index contributed by atoms with van der Waals surface area (Å²) < 4.78 is 57.8. The van der Waals surface area contributed by atoms with Crippen LogP contribution in [0.3, 0.4) is 0 Å². The van der Waals surface area contributed by atoms with Crippen LogP contribution in [0.2, 0.25) is 5.02 Å². The smallest absolute Gasteiger partial charge is 0.466 e. The first-order valence-electron chi connectivity index (χ1n) is 7.98. The molecule has 0 fully saturated rings. The number of esters is 1. The Labute approximate surface area is 162 Å². The first kappa shape index (κ1) is 19.9. The van der Waals surface area contributed by atoms with Crippen molar-refractivity contribution in [1.29, 1.82) is 0 Å². The molecule has 0 aliphatic rings. The molecule has 0 aliphatic heterocycles. The summed E-state index contributed by atoms with van der Waals surface area (Å²) >= 11 is 6.05. The highest BCUT2D eigenvalue weighted by Gasteiger charge is 2.34. The fourth-order valence-corrected chi connectivity index (χ4v) is 3.05. The number of fused-ring (bicyclic) bond motifs is 1.